The van der Waals surface area contributed by atoms with Gasteiger partial charge in [0, 0.05) is 10.5 Å². The summed E-state index contributed by atoms with van der Waals surface area (Å²) in [5, 5.41) is 24.9. The summed E-state index contributed by atoms with van der Waals surface area (Å²) in [5.41, 5.74) is -0.413. The topological polar surface area (TPSA) is 122 Å². The van der Waals surface area contributed by atoms with Gasteiger partial charge in [0.25, 0.3) is 11.6 Å². The van der Waals surface area contributed by atoms with E-state index in [1.807, 2.05) is 0 Å². The van der Waals surface area contributed by atoms with Crippen LogP contribution in [0.25, 0.3) is 0 Å². The number of hydrogen-bond donors (Lipinski definition) is 3. The molecule has 3 N–H and O–H groups in total. The number of nitrogens with one attached hydrogen (secondary N) is 2. The molecule has 2 aromatic rings. The summed E-state index contributed by atoms with van der Waals surface area (Å²) in [4.78, 5) is 33.7. The van der Waals surface area contributed by atoms with Gasteiger partial charge in [-0.1, -0.05) is 28.1 Å². The number of thiocarbonyl (C=S) groups is 1. The molecule has 0 aromatic heterocycles. The van der Waals surface area contributed by atoms with Crippen LogP contribution < -0.4 is 10.6 Å². The maximum Gasteiger partial charge on any atom is 0.337 e. The molecule has 0 heterocycles. The lowest BCUT2D eigenvalue weighted by molar-refractivity contribution is -0.385. The number of aromatic carboxylic acids is 1. The molecule has 0 spiro atoms. The second kappa shape index (κ2) is 7.81. The van der Waals surface area contributed by atoms with Gasteiger partial charge >= 0.3 is 5.97 Å². The largest absolute Gasteiger partial charge is 0.478 e. The summed E-state index contributed by atoms with van der Waals surface area (Å²) in [5.74, 6) is -1.96. The predicted octanol–water partition coefficient (Wildman–Crippen LogP) is 3.18. The zero-order valence-corrected chi connectivity index (χ0v) is 14.8. The van der Waals surface area contributed by atoms with E-state index in [0.29, 0.717) is 4.47 Å². The number of anilines is 1. The number of benzene rings is 2. The van der Waals surface area contributed by atoms with Gasteiger partial charge in [-0.3, -0.25) is 20.2 Å². The molecule has 0 unspecified atom stereocenters. The van der Waals surface area contributed by atoms with Crippen molar-refractivity contribution < 1.29 is 19.6 Å². The van der Waals surface area contributed by atoms with Crippen molar-refractivity contribution in [2.24, 2.45) is 0 Å². The van der Waals surface area contributed by atoms with Gasteiger partial charge in [-0.15, -0.1) is 0 Å². The van der Waals surface area contributed by atoms with Crippen LogP contribution in [0.4, 0.5) is 11.4 Å². The van der Waals surface area contributed by atoms with E-state index in [4.69, 9.17) is 12.2 Å². The highest BCUT2D eigenvalue weighted by Gasteiger charge is 2.20. The van der Waals surface area contributed by atoms with Crippen LogP contribution in [0.2, 0.25) is 0 Å². The van der Waals surface area contributed by atoms with E-state index in [1.54, 1.807) is 6.07 Å². The zero-order chi connectivity index (χ0) is 18.6. The molecule has 2 aromatic carbocycles. The molecule has 0 aliphatic rings. The van der Waals surface area contributed by atoms with Crippen molar-refractivity contribution in [2.75, 3.05) is 5.32 Å². The first kappa shape index (κ1) is 18.5. The number of carboxylic acid groups (broad SMARTS) is 1. The molecule has 8 nitrogen and oxygen atoms in total. The Bertz CT molecular complexity index is 887. The molecular formula is C15H10BrN3O5S. The molecule has 0 atom stereocenters. The Morgan fingerprint density at radius 3 is 2.48 bits per heavy atom. The molecule has 0 fully saturated rings. The lowest BCUT2D eigenvalue weighted by Crippen LogP contribution is -2.34. The number of rotatable bonds is 4. The molecule has 0 saturated heterocycles. The number of nitrogens with zero attached hydrogens (tertiary/aromatic N) is 1. The average molecular weight is 424 g/mol. The molecular weight excluding hydrogens is 414 g/mol. The van der Waals surface area contributed by atoms with Crippen molar-refractivity contribution in [2.45, 2.75) is 0 Å². The summed E-state index contributed by atoms with van der Waals surface area (Å²) in [6, 6.07) is 9.85. The Kier molecular flexibility index (Phi) is 5.78. The number of carboxylic acids is 1. The van der Waals surface area contributed by atoms with E-state index in [1.165, 1.54) is 36.4 Å². The average Bonchev–Trinajstić information content (AvgIpc) is 2.56. The summed E-state index contributed by atoms with van der Waals surface area (Å²) >= 11 is 8.15. The molecule has 0 aliphatic heterocycles. The van der Waals surface area contributed by atoms with E-state index in [0.717, 1.165) is 0 Å². The summed E-state index contributed by atoms with van der Waals surface area (Å²) in [7, 11) is 0. The first-order valence-electron chi connectivity index (χ1n) is 6.68. The number of carbonyl (C=O) groups excluding carboxylic acids is 1. The van der Waals surface area contributed by atoms with E-state index < -0.39 is 16.8 Å². The molecule has 25 heavy (non-hydrogen) atoms. The number of carbonyl (C=O) groups is 2. The molecule has 2 rings (SSSR count). The third kappa shape index (κ3) is 4.58. The van der Waals surface area contributed by atoms with Crippen LogP contribution in [-0.4, -0.2) is 27.0 Å². The molecule has 128 valence electrons. The Morgan fingerprint density at radius 2 is 1.84 bits per heavy atom. The van der Waals surface area contributed by atoms with E-state index >= 15 is 0 Å². The highest BCUT2D eigenvalue weighted by Crippen LogP contribution is 2.21. The van der Waals surface area contributed by atoms with E-state index in [2.05, 4.69) is 26.6 Å². The summed E-state index contributed by atoms with van der Waals surface area (Å²) < 4.78 is 0.560. The summed E-state index contributed by atoms with van der Waals surface area (Å²) in [6.07, 6.45) is 0. The molecule has 10 heteroatoms. The third-order valence-corrected chi connectivity index (χ3v) is 3.73. The number of halogens is 1. The highest BCUT2D eigenvalue weighted by atomic mass is 79.9. The fourth-order valence-corrected chi connectivity index (χ4v) is 2.52. The van der Waals surface area contributed by atoms with Gasteiger partial charge in [-0.05, 0) is 36.5 Å². The molecule has 0 aliphatic carbocycles. The SMILES string of the molecule is O=C(O)c1cc(Br)ccc1NC(=S)NC(=O)c1ccccc1[N+](=O)[O-]. The monoisotopic (exact) mass is 423 g/mol. The number of nitro benzene ring substituents is 1. The fourth-order valence-electron chi connectivity index (χ4n) is 1.95. The van der Waals surface area contributed by atoms with Gasteiger partial charge in [-0.2, -0.15) is 0 Å². The van der Waals surface area contributed by atoms with Gasteiger partial charge in [0.05, 0.1) is 16.2 Å². The second-order valence-corrected chi connectivity index (χ2v) is 6.00. The maximum absolute atomic E-state index is 12.2. The minimum atomic E-state index is -1.18. The number of amides is 1. The third-order valence-electron chi connectivity index (χ3n) is 3.03. The smallest absolute Gasteiger partial charge is 0.337 e. The molecule has 0 radical (unpaired) electrons. The van der Waals surface area contributed by atoms with Gasteiger partial charge < -0.3 is 10.4 Å². The van der Waals surface area contributed by atoms with Crippen LogP contribution in [-0.2, 0) is 0 Å². The van der Waals surface area contributed by atoms with Crippen molar-refractivity contribution in [1.82, 2.24) is 5.32 Å². The van der Waals surface area contributed by atoms with Crippen LogP contribution in [0, 0.1) is 10.1 Å². The lowest BCUT2D eigenvalue weighted by Gasteiger charge is -2.12. The Balaban J connectivity index is 2.18. The van der Waals surface area contributed by atoms with Gasteiger partial charge in [-0.25, -0.2) is 4.79 Å². The van der Waals surface area contributed by atoms with Crippen LogP contribution in [0.5, 0.6) is 0 Å². The predicted molar refractivity (Wildman–Crippen MR) is 97.9 cm³/mol. The summed E-state index contributed by atoms with van der Waals surface area (Å²) in [6.45, 7) is 0. The quantitative estimate of drug-likeness (QED) is 0.392. The number of nitro groups is 1. The standard InChI is InChI=1S/C15H10BrN3O5S/c16-8-5-6-11(10(7-8)14(21)22)17-15(25)18-13(20)9-3-1-2-4-12(9)19(23)24/h1-7H,(H,21,22)(H2,17,18,20,25). The number of hydrogen-bond acceptors (Lipinski definition) is 5. The van der Waals surface area contributed by atoms with Gasteiger partial charge in [0.2, 0.25) is 0 Å². The van der Waals surface area contributed by atoms with Crippen molar-refractivity contribution in [3.05, 3.63) is 68.2 Å². The maximum atomic E-state index is 12.2. The van der Waals surface area contributed by atoms with Gasteiger partial charge in [0.15, 0.2) is 5.11 Å². The van der Waals surface area contributed by atoms with Crippen molar-refractivity contribution in [3.8, 4) is 0 Å². The van der Waals surface area contributed by atoms with E-state index in [-0.39, 0.29) is 27.6 Å². The van der Waals surface area contributed by atoms with Crippen LogP contribution in [0.3, 0.4) is 0 Å². The van der Waals surface area contributed by atoms with Crippen LogP contribution in [0.1, 0.15) is 20.7 Å². The Morgan fingerprint density at radius 1 is 1.16 bits per heavy atom. The molecule has 0 bridgehead atoms. The van der Waals surface area contributed by atoms with Crippen molar-refractivity contribution >= 4 is 56.5 Å². The highest BCUT2D eigenvalue weighted by molar-refractivity contribution is 9.10. The van der Waals surface area contributed by atoms with Crippen molar-refractivity contribution in [1.29, 1.82) is 0 Å². The number of para-hydroxylation sites is 1. The van der Waals surface area contributed by atoms with E-state index in [9.17, 15) is 24.8 Å². The normalized spacial score (nSPS) is 9.96. The minimum Gasteiger partial charge on any atom is -0.478 e. The van der Waals surface area contributed by atoms with Gasteiger partial charge in [0.1, 0.15) is 5.56 Å². The second-order valence-electron chi connectivity index (χ2n) is 4.68. The first-order chi connectivity index (χ1) is 11.8. The van der Waals surface area contributed by atoms with Crippen LogP contribution in [0.15, 0.2) is 46.9 Å². The fraction of sp³-hybridized carbons (Fsp3) is 0. The lowest BCUT2D eigenvalue weighted by atomic mass is 10.1. The minimum absolute atomic E-state index is 0.0586. The first-order valence-corrected chi connectivity index (χ1v) is 7.88. The van der Waals surface area contributed by atoms with Crippen molar-refractivity contribution in [3.63, 3.8) is 0 Å². The van der Waals surface area contributed by atoms with Crippen LogP contribution >= 0.6 is 28.1 Å². The molecule has 1 amide bonds. The Hall–Kier alpha value is -2.85. The Labute approximate surface area is 155 Å². The molecule has 0 saturated carbocycles. The zero-order valence-electron chi connectivity index (χ0n) is 12.4.